The van der Waals surface area contributed by atoms with Gasteiger partial charge in [-0.2, -0.15) is 0 Å². The summed E-state index contributed by atoms with van der Waals surface area (Å²) in [6.07, 6.45) is 0.377. The minimum Gasteiger partial charge on any atom is -0.368 e. The smallest absolute Gasteiger partial charge is 0.106 e. The fourth-order valence-corrected chi connectivity index (χ4v) is 0.848. The lowest BCUT2D eigenvalue weighted by Crippen LogP contribution is -1.75. The Kier molecular flexibility index (Phi) is 1.03. The maximum absolute atomic E-state index is 5.07. The van der Waals surface area contributed by atoms with Crippen molar-refractivity contribution >= 4 is 0 Å². The number of hydrogen-bond donors (Lipinski definition) is 0. The summed E-state index contributed by atoms with van der Waals surface area (Å²) in [6.45, 7) is 0.887. The minimum absolute atomic E-state index is 0.377. The predicted octanol–water partition coefficient (Wildman–Crippen LogP) is 1.56. The molecule has 0 aromatic heterocycles. The van der Waals surface area contributed by atoms with E-state index in [4.69, 9.17) is 4.74 Å². The minimum atomic E-state index is 0.377. The van der Waals surface area contributed by atoms with Crippen molar-refractivity contribution < 1.29 is 4.74 Å². The highest BCUT2D eigenvalue weighted by molar-refractivity contribution is 5.19. The van der Waals surface area contributed by atoms with Gasteiger partial charge in [-0.3, -0.25) is 0 Å². The molecule has 1 nitrogen and oxygen atoms in total. The van der Waals surface area contributed by atoms with Gasteiger partial charge in [0, 0.05) is 0 Å². The summed E-state index contributed by atoms with van der Waals surface area (Å²) in [5.41, 5.74) is 1.25. The third-order valence-electron chi connectivity index (χ3n) is 1.44. The van der Waals surface area contributed by atoms with Crippen LogP contribution in [0, 0.1) is 6.07 Å². The maximum atomic E-state index is 5.07. The molecule has 0 amide bonds. The van der Waals surface area contributed by atoms with Gasteiger partial charge in [-0.15, -0.1) is 0 Å². The Balaban J connectivity index is 2.29. The standard InChI is InChI=1S/C8H7O/c1-2-4-7(5-3-1)8-6-9-8/h1-2,4-5,8H,6H2. The Bertz CT molecular complexity index is 189. The zero-order chi connectivity index (χ0) is 6.10. The summed E-state index contributed by atoms with van der Waals surface area (Å²) in [4.78, 5) is 0. The molecule has 0 aliphatic carbocycles. The van der Waals surface area contributed by atoms with Gasteiger partial charge in [0.2, 0.25) is 0 Å². The van der Waals surface area contributed by atoms with Gasteiger partial charge in [-0.25, -0.2) is 0 Å². The molecule has 45 valence electrons. The molecule has 1 atom stereocenters. The van der Waals surface area contributed by atoms with E-state index in [2.05, 4.69) is 12.1 Å². The van der Waals surface area contributed by atoms with Crippen molar-refractivity contribution in [3.63, 3.8) is 0 Å². The van der Waals surface area contributed by atoms with E-state index in [-0.39, 0.29) is 0 Å². The lowest BCUT2D eigenvalue weighted by Gasteiger charge is -1.89. The highest BCUT2D eigenvalue weighted by Gasteiger charge is 2.23. The molecule has 0 bridgehead atoms. The van der Waals surface area contributed by atoms with Crippen LogP contribution < -0.4 is 0 Å². The molecule has 1 aliphatic heterocycles. The summed E-state index contributed by atoms with van der Waals surface area (Å²) in [5, 5.41) is 0. The molecule has 2 rings (SSSR count). The van der Waals surface area contributed by atoms with Crippen molar-refractivity contribution in [3.05, 3.63) is 35.9 Å². The molecule has 1 aliphatic rings. The van der Waals surface area contributed by atoms with E-state index in [1.54, 1.807) is 0 Å². The zero-order valence-electron chi connectivity index (χ0n) is 5.00. The number of epoxide rings is 1. The van der Waals surface area contributed by atoms with Gasteiger partial charge >= 0.3 is 0 Å². The van der Waals surface area contributed by atoms with Crippen LogP contribution in [0.5, 0.6) is 0 Å². The lowest BCUT2D eigenvalue weighted by molar-refractivity contribution is 0.415. The maximum Gasteiger partial charge on any atom is 0.106 e. The van der Waals surface area contributed by atoms with E-state index >= 15 is 0 Å². The van der Waals surface area contributed by atoms with Crippen molar-refractivity contribution in [2.75, 3.05) is 6.61 Å². The van der Waals surface area contributed by atoms with Crippen LogP contribution in [0.15, 0.2) is 24.3 Å². The fourth-order valence-electron chi connectivity index (χ4n) is 0.848. The van der Waals surface area contributed by atoms with Crippen LogP contribution in [0.25, 0.3) is 0 Å². The van der Waals surface area contributed by atoms with Gasteiger partial charge in [0.1, 0.15) is 6.10 Å². The number of benzene rings is 1. The van der Waals surface area contributed by atoms with E-state index in [1.165, 1.54) is 5.56 Å². The van der Waals surface area contributed by atoms with Gasteiger partial charge in [-0.05, 0) is 17.7 Å². The Hall–Kier alpha value is -0.820. The van der Waals surface area contributed by atoms with Crippen LogP contribution in [0.3, 0.4) is 0 Å². The first-order valence-electron chi connectivity index (χ1n) is 3.04. The first-order chi connectivity index (χ1) is 4.47. The summed E-state index contributed by atoms with van der Waals surface area (Å²) >= 11 is 0. The highest BCUT2D eigenvalue weighted by atomic mass is 16.6. The van der Waals surface area contributed by atoms with Crippen LogP contribution in [-0.4, -0.2) is 6.61 Å². The average Bonchev–Trinajstić information content (AvgIpc) is 2.71. The van der Waals surface area contributed by atoms with Crippen LogP contribution >= 0.6 is 0 Å². The fraction of sp³-hybridized carbons (Fsp3) is 0.250. The van der Waals surface area contributed by atoms with E-state index in [0.29, 0.717) is 6.10 Å². The number of ether oxygens (including phenoxy) is 1. The largest absolute Gasteiger partial charge is 0.368 e. The molecule has 1 heterocycles. The Morgan fingerprint density at radius 1 is 1.67 bits per heavy atom. The molecule has 1 aromatic rings. The molecular formula is C8H7O. The van der Waals surface area contributed by atoms with Crippen molar-refractivity contribution in [1.29, 1.82) is 0 Å². The average molecular weight is 119 g/mol. The van der Waals surface area contributed by atoms with Gasteiger partial charge in [0.25, 0.3) is 0 Å². The second-order valence-corrected chi connectivity index (χ2v) is 2.16. The Labute approximate surface area is 54.3 Å². The number of rotatable bonds is 1. The molecule has 1 radical (unpaired) electrons. The molecule has 1 saturated heterocycles. The van der Waals surface area contributed by atoms with Crippen molar-refractivity contribution in [2.24, 2.45) is 0 Å². The molecular weight excluding hydrogens is 112 g/mol. The first kappa shape index (κ1) is 5.00. The Morgan fingerprint density at radius 2 is 2.56 bits per heavy atom. The van der Waals surface area contributed by atoms with Crippen molar-refractivity contribution in [1.82, 2.24) is 0 Å². The first-order valence-corrected chi connectivity index (χ1v) is 3.04. The molecule has 0 spiro atoms. The predicted molar refractivity (Wildman–Crippen MR) is 34.0 cm³/mol. The van der Waals surface area contributed by atoms with Crippen molar-refractivity contribution in [2.45, 2.75) is 6.10 Å². The summed E-state index contributed by atoms with van der Waals surface area (Å²) < 4.78 is 5.07. The van der Waals surface area contributed by atoms with E-state index in [0.717, 1.165) is 6.61 Å². The van der Waals surface area contributed by atoms with Crippen LogP contribution in [-0.2, 0) is 4.74 Å². The third-order valence-corrected chi connectivity index (χ3v) is 1.44. The molecule has 1 heteroatoms. The van der Waals surface area contributed by atoms with E-state index in [9.17, 15) is 0 Å². The van der Waals surface area contributed by atoms with Crippen LogP contribution in [0.2, 0.25) is 0 Å². The Morgan fingerprint density at radius 3 is 3.11 bits per heavy atom. The van der Waals surface area contributed by atoms with Gasteiger partial charge in [0.05, 0.1) is 6.61 Å². The molecule has 0 saturated carbocycles. The van der Waals surface area contributed by atoms with Crippen LogP contribution in [0.1, 0.15) is 11.7 Å². The van der Waals surface area contributed by atoms with E-state index < -0.39 is 0 Å². The SMILES string of the molecule is [c]1cccc(C2CO2)c1. The third kappa shape index (κ3) is 0.958. The summed E-state index contributed by atoms with van der Waals surface area (Å²) in [6, 6.07) is 10.9. The molecule has 1 fully saturated rings. The van der Waals surface area contributed by atoms with Crippen LogP contribution in [0.4, 0.5) is 0 Å². The summed E-state index contributed by atoms with van der Waals surface area (Å²) in [5.74, 6) is 0. The summed E-state index contributed by atoms with van der Waals surface area (Å²) in [7, 11) is 0. The van der Waals surface area contributed by atoms with Crippen molar-refractivity contribution in [3.8, 4) is 0 Å². The van der Waals surface area contributed by atoms with Gasteiger partial charge in [-0.1, -0.05) is 18.2 Å². The zero-order valence-corrected chi connectivity index (χ0v) is 5.00. The highest BCUT2D eigenvalue weighted by Crippen LogP contribution is 2.28. The second kappa shape index (κ2) is 1.85. The molecule has 9 heavy (non-hydrogen) atoms. The molecule has 1 unspecified atom stereocenters. The second-order valence-electron chi connectivity index (χ2n) is 2.16. The molecule has 1 aromatic carbocycles. The monoisotopic (exact) mass is 119 g/mol. The lowest BCUT2D eigenvalue weighted by atomic mass is 10.2. The quantitative estimate of drug-likeness (QED) is 0.511. The van der Waals surface area contributed by atoms with Gasteiger partial charge < -0.3 is 4.74 Å². The molecule has 0 N–H and O–H groups in total. The topological polar surface area (TPSA) is 12.5 Å². The number of hydrogen-bond acceptors (Lipinski definition) is 1. The van der Waals surface area contributed by atoms with E-state index in [1.807, 2.05) is 18.2 Å². The normalized spacial score (nSPS) is 23.8. The van der Waals surface area contributed by atoms with Gasteiger partial charge in [0.15, 0.2) is 0 Å².